The van der Waals surface area contributed by atoms with Gasteiger partial charge in [-0.3, -0.25) is 29.0 Å². The molecule has 0 unspecified atom stereocenters. The zero-order valence-electron chi connectivity index (χ0n) is 19.2. The lowest BCUT2D eigenvalue weighted by Gasteiger charge is -2.24. The van der Waals surface area contributed by atoms with Gasteiger partial charge in [-0.2, -0.15) is 0 Å². The lowest BCUT2D eigenvalue weighted by atomic mass is 10.0. The van der Waals surface area contributed by atoms with Gasteiger partial charge in [-0.15, -0.1) is 0 Å². The number of nitrogens with two attached hydrogens (primary N) is 2. The number of carboxylic acid groups (broad SMARTS) is 1. The van der Waals surface area contributed by atoms with Gasteiger partial charge in [-0.05, 0) is 24.8 Å². The Bertz CT molecular complexity index is 949. The summed E-state index contributed by atoms with van der Waals surface area (Å²) in [5.74, 6) is -4.23. The molecule has 0 saturated carbocycles. The smallest absolute Gasteiger partial charge is 0.305 e. The number of benzene rings is 1. The van der Waals surface area contributed by atoms with Gasteiger partial charge < -0.3 is 37.8 Å². The minimum Gasteiger partial charge on any atom is -0.481 e. The molecule has 1 fully saturated rings. The quantitative estimate of drug-likeness (QED) is 0.0911. The summed E-state index contributed by atoms with van der Waals surface area (Å²) in [6.45, 7) is 0.250. The largest absolute Gasteiger partial charge is 0.481 e. The standard InChI is InChI=1S/C22H31N7O6/c23-22(24)25-8-4-7-15-20(34)26-12-14(9-13-5-2-1-3-6-13)27-21(35)16(10-19(32)33)29-18(31)11-17(30)28-15/h1-3,5-6,14-16H,4,7-12H2,(H,26,34)(H,27,35)(H,28,30)(H,29,31)(H,32,33)(H4,23,24,25)/t14-,15-,16-/m0/s1. The second-order valence-corrected chi connectivity index (χ2v) is 8.10. The lowest BCUT2D eigenvalue weighted by molar-refractivity contribution is -0.141. The average Bonchev–Trinajstić information content (AvgIpc) is 2.78. The van der Waals surface area contributed by atoms with E-state index in [1.54, 1.807) is 0 Å². The van der Waals surface area contributed by atoms with Crippen molar-refractivity contribution < 1.29 is 29.1 Å². The average molecular weight is 490 g/mol. The van der Waals surface area contributed by atoms with Crippen molar-refractivity contribution in [1.82, 2.24) is 21.3 Å². The van der Waals surface area contributed by atoms with Gasteiger partial charge in [0.05, 0.1) is 12.5 Å². The van der Waals surface area contributed by atoms with Crippen LogP contribution in [0.25, 0.3) is 0 Å². The van der Waals surface area contributed by atoms with Crippen LogP contribution in [0.3, 0.4) is 0 Å². The number of carboxylic acids is 1. The third-order valence-corrected chi connectivity index (χ3v) is 5.14. The first kappa shape index (κ1) is 27.1. The van der Waals surface area contributed by atoms with E-state index in [4.69, 9.17) is 11.5 Å². The molecule has 0 radical (unpaired) electrons. The summed E-state index contributed by atoms with van der Waals surface area (Å²) in [6.07, 6.45) is -0.436. The molecule has 1 heterocycles. The number of aliphatic carboxylic acids is 1. The van der Waals surface area contributed by atoms with E-state index in [1.807, 2.05) is 30.3 Å². The maximum Gasteiger partial charge on any atom is 0.305 e. The Morgan fingerprint density at radius 2 is 1.63 bits per heavy atom. The van der Waals surface area contributed by atoms with Crippen LogP contribution >= 0.6 is 0 Å². The molecule has 0 bridgehead atoms. The highest BCUT2D eigenvalue weighted by molar-refractivity contribution is 6.01. The van der Waals surface area contributed by atoms with E-state index in [9.17, 15) is 29.1 Å². The maximum absolute atomic E-state index is 12.9. The van der Waals surface area contributed by atoms with Crippen LogP contribution < -0.4 is 32.7 Å². The van der Waals surface area contributed by atoms with E-state index >= 15 is 0 Å². The Kier molecular flexibility index (Phi) is 10.5. The monoisotopic (exact) mass is 489 g/mol. The Morgan fingerprint density at radius 1 is 0.971 bits per heavy atom. The zero-order chi connectivity index (χ0) is 25.8. The Labute approximate surface area is 202 Å². The van der Waals surface area contributed by atoms with Crippen LogP contribution in [-0.4, -0.2) is 71.9 Å². The van der Waals surface area contributed by atoms with Crippen molar-refractivity contribution in [2.45, 2.75) is 50.2 Å². The Hall–Kier alpha value is -4.16. The lowest BCUT2D eigenvalue weighted by Crippen LogP contribution is -2.54. The SMILES string of the molecule is NC(N)=NCCC[C@@H]1NC(=O)CC(=O)N[C@@H](CC(=O)O)C(=O)N[C@@H](Cc2ccccc2)CNC1=O. The summed E-state index contributed by atoms with van der Waals surface area (Å²) in [6, 6.07) is 6.21. The van der Waals surface area contributed by atoms with E-state index in [0.717, 1.165) is 5.56 Å². The second-order valence-electron chi connectivity index (χ2n) is 8.10. The molecule has 4 amide bonds. The molecule has 1 aromatic rings. The number of amides is 4. The van der Waals surface area contributed by atoms with Gasteiger partial charge in [-0.25, -0.2) is 0 Å². The predicted octanol–water partition coefficient (Wildman–Crippen LogP) is -2.27. The molecule has 0 aromatic heterocycles. The number of guanidine groups is 1. The number of nitrogens with zero attached hydrogens (tertiary/aromatic N) is 1. The van der Waals surface area contributed by atoms with Gasteiger partial charge in [0.2, 0.25) is 23.6 Å². The molecule has 1 aromatic carbocycles. The number of hydrogen-bond acceptors (Lipinski definition) is 6. The van der Waals surface area contributed by atoms with Gasteiger partial charge in [0.25, 0.3) is 0 Å². The third kappa shape index (κ3) is 10.1. The van der Waals surface area contributed by atoms with Crippen LogP contribution in [0.4, 0.5) is 0 Å². The summed E-state index contributed by atoms with van der Waals surface area (Å²) in [4.78, 5) is 65.5. The van der Waals surface area contributed by atoms with Crippen molar-refractivity contribution >= 4 is 35.6 Å². The Morgan fingerprint density at radius 3 is 2.26 bits per heavy atom. The fraction of sp³-hybridized carbons (Fsp3) is 0.455. The molecule has 0 spiro atoms. The van der Waals surface area contributed by atoms with Crippen molar-refractivity contribution in [3.8, 4) is 0 Å². The number of hydrogen-bond donors (Lipinski definition) is 7. The van der Waals surface area contributed by atoms with Crippen LogP contribution in [-0.2, 0) is 30.4 Å². The highest BCUT2D eigenvalue weighted by Crippen LogP contribution is 2.06. The molecule has 1 aliphatic rings. The molecule has 3 atom stereocenters. The first-order chi connectivity index (χ1) is 16.6. The molecule has 13 heteroatoms. The molecule has 2 rings (SSSR count). The van der Waals surface area contributed by atoms with E-state index in [2.05, 4.69) is 26.3 Å². The Balaban J connectivity index is 2.24. The van der Waals surface area contributed by atoms with Gasteiger partial charge in [0.15, 0.2) is 5.96 Å². The van der Waals surface area contributed by atoms with E-state index < -0.39 is 60.6 Å². The number of aliphatic imine (C=N–C) groups is 1. The number of nitrogens with one attached hydrogen (secondary N) is 4. The third-order valence-electron chi connectivity index (χ3n) is 5.14. The highest BCUT2D eigenvalue weighted by Gasteiger charge is 2.29. The zero-order valence-corrected chi connectivity index (χ0v) is 19.2. The molecule has 35 heavy (non-hydrogen) atoms. The molecule has 0 aliphatic carbocycles. The predicted molar refractivity (Wildman–Crippen MR) is 126 cm³/mol. The summed E-state index contributed by atoms with van der Waals surface area (Å²) in [5.41, 5.74) is 11.5. The van der Waals surface area contributed by atoms with Crippen LogP contribution in [0.15, 0.2) is 35.3 Å². The molecular formula is C22H31N7O6. The van der Waals surface area contributed by atoms with Gasteiger partial charge in [-0.1, -0.05) is 30.3 Å². The molecule has 1 aliphatic heterocycles. The molecule has 190 valence electrons. The van der Waals surface area contributed by atoms with Crippen molar-refractivity contribution in [2.75, 3.05) is 13.1 Å². The maximum atomic E-state index is 12.9. The van der Waals surface area contributed by atoms with E-state index in [1.165, 1.54) is 0 Å². The van der Waals surface area contributed by atoms with Gasteiger partial charge in [0, 0.05) is 13.1 Å². The van der Waals surface area contributed by atoms with E-state index in [0.29, 0.717) is 12.8 Å². The first-order valence-corrected chi connectivity index (χ1v) is 11.1. The molecular weight excluding hydrogens is 458 g/mol. The molecule has 13 nitrogen and oxygen atoms in total. The van der Waals surface area contributed by atoms with Crippen molar-refractivity contribution in [2.24, 2.45) is 16.5 Å². The van der Waals surface area contributed by atoms with Crippen LogP contribution in [0, 0.1) is 0 Å². The number of carbonyl (C=O) groups is 5. The fourth-order valence-corrected chi connectivity index (χ4v) is 3.51. The normalized spacial score (nSPS) is 21.7. The summed E-state index contributed by atoms with van der Waals surface area (Å²) in [7, 11) is 0. The van der Waals surface area contributed by atoms with Crippen molar-refractivity contribution in [3.05, 3.63) is 35.9 Å². The minimum atomic E-state index is -1.39. The topological polar surface area (TPSA) is 218 Å². The minimum absolute atomic E-state index is 0.00742. The second kappa shape index (κ2) is 13.5. The summed E-state index contributed by atoms with van der Waals surface area (Å²) in [5, 5.41) is 19.4. The fourth-order valence-electron chi connectivity index (χ4n) is 3.51. The number of rotatable bonds is 8. The number of carbonyl (C=O) groups excluding carboxylic acids is 4. The summed E-state index contributed by atoms with van der Waals surface area (Å²) >= 11 is 0. The van der Waals surface area contributed by atoms with Crippen molar-refractivity contribution in [1.29, 1.82) is 0 Å². The highest BCUT2D eigenvalue weighted by atomic mass is 16.4. The van der Waals surface area contributed by atoms with Crippen LogP contribution in [0.1, 0.15) is 31.2 Å². The summed E-state index contributed by atoms with van der Waals surface area (Å²) < 4.78 is 0. The van der Waals surface area contributed by atoms with Crippen molar-refractivity contribution in [3.63, 3.8) is 0 Å². The van der Waals surface area contributed by atoms with Crippen LogP contribution in [0.5, 0.6) is 0 Å². The van der Waals surface area contributed by atoms with Crippen LogP contribution in [0.2, 0.25) is 0 Å². The van der Waals surface area contributed by atoms with Gasteiger partial charge in [0.1, 0.15) is 18.5 Å². The van der Waals surface area contributed by atoms with Gasteiger partial charge >= 0.3 is 5.97 Å². The first-order valence-electron chi connectivity index (χ1n) is 11.1. The molecule has 1 saturated heterocycles. The molecule has 9 N–H and O–H groups in total. The van der Waals surface area contributed by atoms with E-state index in [-0.39, 0.29) is 25.5 Å².